The van der Waals surface area contributed by atoms with Gasteiger partial charge in [-0.25, -0.2) is 0 Å². The average molecular weight is 366 g/mol. The molecule has 1 N–H and O–H groups in total. The first-order chi connectivity index (χ1) is 9.97. The SMILES string of the molecule is CCC(Br)C(=O)NCCc1ccc(OC(F)F)c(OC)c1. The van der Waals surface area contributed by atoms with Crippen LogP contribution in [0.4, 0.5) is 8.78 Å². The van der Waals surface area contributed by atoms with E-state index in [-0.39, 0.29) is 22.2 Å². The van der Waals surface area contributed by atoms with Gasteiger partial charge in [-0.2, -0.15) is 8.78 Å². The molecule has 1 aromatic carbocycles. The Kier molecular flexibility index (Phi) is 7.42. The fourth-order valence-corrected chi connectivity index (χ4v) is 1.85. The molecule has 0 saturated carbocycles. The molecule has 0 bridgehead atoms. The first kappa shape index (κ1) is 17.7. The Labute approximate surface area is 130 Å². The Morgan fingerprint density at radius 2 is 2.10 bits per heavy atom. The number of methoxy groups -OCH3 is 1. The summed E-state index contributed by atoms with van der Waals surface area (Å²) >= 11 is 3.26. The predicted octanol–water partition coefficient (Wildman–Crippen LogP) is 3.13. The third kappa shape index (κ3) is 5.87. The number of halogens is 3. The smallest absolute Gasteiger partial charge is 0.387 e. The zero-order chi connectivity index (χ0) is 15.8. The summed E-state index contributed by atoms with van der Waals surface area (Å²) in [6.07, 6.45) is 1.28. The van der Waals surface area contributed by atoms with Crippen LogP contribution < -0.4 is 14.8 Å². The van der Waals surface area contributed by atoms with Crippen LogP contribution in [0.3, 0.4) is 0 Å². The average Bonchev–Trinajstić information content (AvgIpc) is 2.47. The Bertz CT molecular complexity index is 472. The molecule has 0 aliphatic heterocycles. The van der Waals surface area contributed by atoms with Crippen LogP contribution in [0.2, 0.25) is 0 Å². The topological polar surface area (TPSA) is 47.6 Å². The molecule has 0 heterocycles. The molecule has 1 amide bonds. The number of nitrogens with one attached hydrogen (secondary N) is 1. The zero-order valence-electron chi connectivity index (χ0n) is 11.9. The molecule has 0 aliphatic carbocycles. The summed E-state index contributed by atoms with van der Waals surface area (Å²) in [4.78, 5) is 11.4. The Morgan fingerprint density at radius 1 is 1.38 bits per heavy atom. The number of amides is 1. The number of benzene rings is 1. The van der Waals surface area contributed by atoms with E-state index in [4.69, 9.17) is 4.74 Å². The third-order valence-electron chi connectivity index (χ3n) is 2.80. The summed E-state index contributed by atoms with van der Waals surface area (Å²) in [5.74, 6) is 0.167. The molecule has 4 nitrogen and oxygen atoms in total. The van der Waals surface area contributed by atoms with Crippen molar-refractivity contribution in [2.75, 3.05) is 13.7 Å². The van der Waals surface area contributed by atoms with Gasteiger partial charge in [0.15, 0.2) is 11.5 Å². The van der Waals surface area contributed by atoms with Gasteiger partial charge in [0, 0.05) is 6.54 Å². The molecule has 1 atom stereocenters. The molecule has 0 aliphatic rings. The summed E-state index contributed by atoms with van der Waals surface area (Å²) in [5.41, 5.74) is 0.858. The standard InChI is InChI=1S/C14H18BrF2NO3/c1-3-10(15)13(19)18-7-6-9-4-5-11(21-14(16)17)12(8-9)20-2/h4-5,8,10,14H,3,6-7H2,1-2H3,(H,18,19). The second kappa shape index (κ2) is 8.81. The Morgan fingerprint density at radius 3 is 2.67 bits per heavy atom. The van der Waals surface area contributed by atoms with Crippen LogP contribution in [-0.4, -0.2) is 31.0 Å². The Hall–Kier alpha value is -1.37. The first-order valence-corrected chi connectivity index (χ1v) is 7.43. The zero-order valence-corrected chi connectivity index (χ0v) is 13.5. The number of hydrogen-bond acceptors (Lipinski definition) is 3. The van der Waals surface area contributed by atoms with Crippen molar-refractivity contribution in [1.29, 1.82) is 0 Å². The summed E-state index contributed by atoms with van der Waals surface area (Å²) in [5, 5.41) is 2.79. The molecular formula is C14H18BrF2NO3. The van der Waals surface area contributed by atoms with E-state index in [0.29, 0.717) is 19.4 Å². The van der Waals surface area contributed by atoms with E-state index in [1.807, 2.05) is 6.92 Å². The van der Waals surface area contributed by atoms with Gasteiger partial charge < -0.3 is 14.8 Å². The highest BCUT2D eigenvalue weighted by atomic mass is 79.9. The molecule has 7 heteroatoms. The van der Waals surface area contributed by atoms with E-state index < -0.39 is 6.61 Å². The van der Waals surface area contributed by atoms with Crippen LogP contribution in [0.5, 0.6) is 11.5 Å². The molecule has 118 valence electrons. The first-order valence-electron chi connectivity index (χ1n) is 6.51. The van der Waals surface area contributed by atoms with E-state index >= 15 is 0 Å². The van der Waals surface area contributed by atoms with Crippen molar-refractivity contribution in [2.45, 2.75) is 31.2 Å². The minimum Gasteiger partial charge on any atom is -0.493 e. The van der Waals surface area contributed by atoms with Crippen molar-refractivity contribution in [3.63, 3.8) is 0 Å². The van der Waals surface area contributed by atoms with Gasteiger partial charge in [-0.15, -0.1) is 0 Å². The van der Waals surface area contributed by atoms with Gasteiger partial charge in [0.05, 0.1) is 11.9 Å². The molecule has 0 saturated heterocycles. The number of ether oxygens (including phenoxy) is 2. The van der Waals surface area contributed by atoms with Crippen LogP contribution in [0, 0.1) is 0 Å². The lowest BCUT2D eigenvalue weighted by Crippen LogP contribution is -2.32. The van der Waals surface area contributed by atoms with E-state index in [1.165, 1.54) is 13.2 Å². The molecular weight excluding hydrogens is 348 g/mol. The number of carbonyl (C=O) groups excluding carboxylic acids is 1. The van der Waals surface area contributed by atoms with Gasteiger partial charge in [-0.3, -0.25) is 4.79 Å². The Balaban J connectivity index is 2.58. The number of hydrogen-bond donors (Lipinski definition) is 1. The molecule has 1 aromatic rings. The lowest BCUT2D eigenvalue weighted by Gasteiger charge is -2.12. The number of rotatable bonds is 8. The maximum Gasteiger partial charge on any atom is 0.387 e. The van der Waals surface area contributed by atoms with E-state index in [1.54, 1.807) is 12.1 Å². The second-order valence-corrected chi connectivity index (χ2v) is 5.39. The van der Waals surface area contributed by atoms with Gasteiger partial charge in [0.1, 0.15) is 0 Å². The number of alkyl halides is 3. The maximum absolute atomic E-state index is 12.2. The molecule has 21 heavy (non-hydrogen) atoms. The normalized spacial score (nSPS) is 12.1. The molecule has 1 unspecified atom stereocenters. The summed E-state index contributed by atoms with van der Waals surface area (Å²) < 4.78 is 33.8. The predicted molar refractivity (Wildman–Crippen MR) is 79.3 cm³/mol. The molecule has 0 fully saturated rings. The third-order valence-corrected chi connectivity index (χ3v) is 3.86. The monoisotopic (exact) mass is 365 g/mol. The minimum absolute atomic E-state index is 0.00760. The molecule has 0 spiro atoms. The highest BCUT2D eigenvalue weighted by molar-refractivity contribution is 9.10. The largest absolute Gasteiger partial charge is 0.493 e. The van der Waals surface area contributed by atoms with Crippen molar-refractivity contribution in [3.05, 3.63) is 23.8 Å². The van der Waals surface area contributed by atoms with Crippen molar-refractivity contribution in [3.8, 4) is 11.5 Å². The molecule has 0 radical (unpaired) electrons. The second-order valence-electron chi connectivity index (χ2n) is 4.28. The van der Waals surface area contributed by atoms with Crippen molar-refractivity contribution >= 4 is 21.8 Å². The van der Waals surface area contributed by atoms with E-state index in [9.17, 15) is 13.6 Å². The summed E-state index contributed by atoms with van der Waals surface area (Å²) in [7, 11) is 1.38. The van der Waals surface area contributed by atoms with E-state index in [0.717, 1.165) is 5.56 Å². The summed E-state index contributed by atoms with van der Waals surface area (Å²) in [6.45, 7) is -0.529. The van der Waals surface area contributed by atoms with Crippen LogP contribution in [0.25, 0.3) is 0 Å². The van der Waals surface area contributed by atoms with Crippen LogP contribution in [0.15, 0.2) is 18.2 Å². The number of carbonyl (C=O) groups is 1. The van der Waals surface area contributed by atoms with Gasteiger partial charge in [0.25, 0.3) is 0 Å². The lowest BCUT2D eigenvalue weighted by molar-refractivity contribution is -0.120. The van der Waals surface area contributed by atoms with Crippen molar-refractivity contribution in [1.82, 2.24) is 5.32 Å². The molecule has 0 aromatic heterocycles. The summed E-state index contributed by atoms with van der Waals surface area (Å²) in [6, 6.07) is 4.72. The fraction of sp³-hybridized carbons (Fsp3) is 0.500. The van der Waals surface area contributed by atoms with Gasteiger partial charge in [0.2, 0.25) is 5.91 Å². The van der Waals surface area contributed by atoms with Crippen molar-refractivity contribution in [2.24, 2.45) is 0 Å². The lowest BCUT2D eigenvalue weighted by atomic mass is 10.1. The minimum atomic E-state index is -2.89. The van der Waals surface area contributed by atoms with E-state index in [2.05, 4.69) is 26.0 Å². The van der Waals surface area contributed by atoms with Crippen LogP contribution in [0.1, 0.15) is 18.9 Å². The van der Waals surface area contributed by atoms with Gasteiger partial charge in [-0.05, 0) is 30.5 Å². The highest BCUT2D eigenvalue weighted by Gasteiger charge is 2.13. The maximum atomic E-state index is 12.2. The van der Waals surface area contributed by atoms with Crippen LogP contribution in [-0.2, 0) is 11.2 Å². The van der Waals surface area contributed by atoms with Crippen LogP contribution >= 0.6 is 15.9 Å². The highest BCUT2D eigenvalue weighted by Crippen LogP contribution is 2.29. The quantitative estimate of drug-likeness (QED) is 0.720. The van der Waals surface area contributed by atoms with Gasteiger partial charge in [-0.1, -0.05) is 28.9 Å². The fourth-order valence-electron chi connectivity index (χ4n) is 1.69. The molecule has 1 rings (SSSR count). The van der Waals surface area contributed by atoms with Gasteiger partial charge >= 0.3 is 6.61 Å². The van der Waals surface area contributed by atoms with Crippen molar-refractivity contribution < 1.29 is 23.0 Å².